The van der Waals surface area contributed by atoms with Gasteiger partial charge in [0.1, 0.15) is 0 Å². The first-order valence-electron chi connectivity index (χ1n) is 7.38. The Bertz CT molecular complexity index is 210. The lowest BCUT2D eigenvalue weighted by molar-refractivity contribution is 0.428. The molecule has 1 heterocycles. The van der Waals surface area contributed by atoms with E-state index in [0.717, 1.165) is 5.25 Å². The van der Waals surface area contributed by atoms with Gasteiger partial charge in [-0.05, 0) is 50.6 Å². The Kier molecular flexibility index (Phi) is 5.64. The number of nitrogens with one attached hydrogen (secondary N) is 2. The predicted molar refractivity (Wildman–Crippen MR) is 77.8 cm³/mol. The number of rotatable bonds is 8. The molecule has 3 heteroatoms. The van der Waals surface area contributed by atoms with Crippen LogP contribution in [0.15, 0.2) is 0 Å². The van der Waals surface area contributed by atoms with E-state index < -0.39 is 0 Å². The van der Waals surface area contributed by atoms with E-state index in [1.807, 2.05) is 0 Å². The van der Waals surface area contributed by atoms with Crippen LogP contribution in [0.3, 0.4) is 0 Å². The van der Waals surface area contributed by atoms with Crippen molar-refractivity contribution in [2.24, 2.45) is 5.41 Å². The van der Waals surface area contributed by atoms with E-state index in [2.05, 4.69) is 29.3 Å². The fourth-order valence-corrected chi connectivity index (χ4v) is 4.00. The lowest BCUT2D eigenvalue weighted by atomic mass is 10.0. The zero-order valence-corrected chi connectivity index (χ0v) is 12.1. The van der Waals surface area contributed by atoms with Gasteiger partial charge in [0.15, 0.2) is 0 Å². The van der Waals surface area contributed by atoms with E-state index in [1.54, 1.807) is 0 Å². The molecule has 0 aromatic heterocycles. The van der Waals surface area contributed by atoms with Crippen LogP contribution in [0.2, 0.25) is 0 Å². The van der Waals surface area contributed by atoms with Gasteiger partial charge < -0.3 is 10.6 Å². The van der Waals surface area contributed by atoms with Crippen LogP contribution in [0.1, 0.15) is 45.4 Å². The minimum Gasteiger partial charge on any atom is -0.317 e. The SMILES string of the molecule is CCCC1(CNCCSC2CCNCC2)CC1. The summed E-state index contributed by atoms with van der Waals surface area (Å²) in [7, 11) is 0. The van der Waals surface area contributed by atoms with Crippen molar-refractivity contribution in [2.75, 3.05) is 31.9 Å². The Hall–Kier alpha value is 0.270. The second-order valence-electron chi connectivity index (χ2n) is 5.75. The molecular weight excluding hydrogens is 228 g/mol. The molecule has 100 valence electrons. The largest absolute Gasteiger partial charge is 0.317 e. The number of piperidine rings is 1. The molecule has 0 unspecified atom stereocenters. The molecule has 0 aromatic carbocycles. The second-order valence-corrected chi connectivity index (χ2v) is 7.16. The molecule has 2 N–H and O–H groups in total. The molecule has 1 aliphatic carbocycles. The highest BCUT2D eigenvalue weighted by molar-refractivity contribution is 7.99. The molecule has 0 aromatic rings. The van der Waals surface area contributed by atoms with Crippen LogP contribution in [0.25, 0.3) is 0 Å². The highest BCUT2D eigenvalue weighted by atomic mass is 32.2. The monoisotopic (exact) mass is 256 g/mol. The first-order valence-corrected chi connectivity index (χ1v) is 8.43. The topological polar surface area (TPSA) is 24.1 Å². The first-order chi connectivity index (χ1) is 8.35. The zero-order chi connectivity index (χ0) is 12.0. The highest BCUT2D eigenvalue weighted by Gasteiger charge is 2.40. The van der Waals surface area contributed by atoms with Crippen molar-refractivity contribution in [3.8, 4) is 0 Å². The van der Waals surface area contributed by atoms with Gasteiger partial charge >= 0.3 is 0 Å². The maximum atomic E-state index is 3.68. The van der Waals surface area contributed by atoms with Crippen LogP contribution in [0.5, 0.6) is 0 Å². The third-order valence-corrected chi connectivity index (χ3v) is 5.54. The Morgan fingerprint density at radius 2 is 2.06 bits per heavy atom. The molecule has 17 heavy (non-hydrogen) atoms. The quantitative estimate of drug-likeness (QED) is 0.653. The van der Waals surface area contributed by atoms with Crippen molar-refractivity contribution in [1.82, 2.24) is 10.6 Å². The summed E-state index contributed by atoms with van der Waals surface area (Å²) in [5.41, 5.74) is 0.716. The summed E-state index contributed by atoms with van der Waals surface area (Å²) in [6.07, 6.45) is 8.45. The fourth-order valence-electron chi connectivity index (χ4n) is 2.84. The van der Waals surface area contributed by atoms with Crippen molar-refractivity contribution < 1.29 is 0 Å². The summed E-state index contributed by atoms with van der Waals surface area (Å²) in [5.74, 6) is 1.30. The third-order valence-electron chi connectivity index (χ3n) is 4.16. The molecule has 2 nitrogen and oxygen atoms in total. The maximum absolute atomic E-state index is 3.68. The average Bonchev–Trinajstić information content (AvgIpc) is 3.11. The molecular formula is C14H28N2S. The van der Waals surface area contributed by atoms with Gasteiger partial charge in [-0.1, -0.05) is 13.3 Å². The Morgan fingerprint density at radius 3 is 2.71 bits per heavy atom. The van der Waals surface area contributed by atoms with Crippen LogP contribution in [0.4, 0.5) is 0 Å². The molecule has 1 aliphatic heterocycles. The van der Waals surface area contributed by atoms with Crippen LogP contribution >= 0.6 is 11.8 Å². The molecule has 0 bridgehead atoms. The van der Waals surface area contributed by atoms with E-state index in [4.69, 9.17) is 0 Å². The molecule has 2 aliphatic rings. The molecule has 2 rings (SSSR count). The number of hydrogen-bond acceptors (Lipinski definition) is 3. The molecule has 0 radical (unpaired) electrons. The second kappa shape index (κ2) is 7.01. The molecule has 0 spiro atoms. The highest BCUT2D eigenvalue weighted by Crippen LogP contribution is 2.48. The Morgan fingerprint density at radius 1 is 1.29 bits per heavy atom. The number of thioether (sulfide) groups is 1. The molecule has 1 saturated carbocycles. The average molecular weight is 256 g/mol. The van der Waals surface area contributed by atoms with Crippen molar-refractivity contribution >= 4 is 11.8 Å². The fraction of sp³-hybridized carbons (Fsp3) is 1.00. The van der Waals surface area contributed by atoms with Gasteiger partial charge in [-0.15, -0.1) is 0 Å². The van der Waals surface area contributed by atoms with Gasteiger partial charge in [-0.2, -0.15) is 11.8 Å². The zero-order valence-electron chi connectivity index (χ0n) is 11.3. The van der Waals surface area contributed by atoms with Gasteiger partial charge in [0.25, 0.3) is 0 Å². The molecule has 0 amide bonds. The van der Waals surface area contributed by atoms with Crippen molar-refractivity contribution in [1.29, 1.82) is 0 Å². The first kappa shape index (κ1) is 13.7. The summed E-state index contributed by atoms with van der Waals surface area (Å²) >= 11 is 2.18. The van der Waals surface area contributed by atoms with Crippen LogP contribution in [-0.2, 0) is 0 Å². The Labute approximate surface area is 111 Å². The van der Waals surface area contributed by atoms with E-state index in [-0.39, 0.29) is 0 Å². The summed E-state index contributed by atoms with van der Waals surface area (Å²) in [6, 6.07) is 0. The van der Waals surface area contributed by atoms with Crippen LogP contribution in [-0.4, -0.2) is 37.2 Å². The van der Waals surface area contributed by atoms with Gasteiger partial charge in [-0.25, -0.2) is 0 Å². The minimum absolute atomic E-state index is 0.716. The summed E-state index contributed by atoms with van der Waals surface area (Å²) in [6.45, 7) is 7.25. The van der Waals surface area contributed by atoms with Crippen molar-refractivity contribution in [2.45, 2.75) is 50.7 Å². The normalized spacial score (nSPS) is 23.8. The smallest absolute Gasteiger partial charge is 0.00716 e. The van der Waals surface area contributed by atoms with E-state index in [9.17, 15) is 0 Å². The summed E-state index contributed by atoms with van der Waals surface area (Å²) < 4.78 is 0. The van der Waals surface area contributed by atoms with E-state index in [1.165, 1.54) is 70.5 Å². The molecule has 0 atom stereocenters. The third kappa shape index (κ3) is 4.80. The van der Waals surface area contributed by atoms with Crippen LogP contribution in [0, 0.1) is 5.41 Å². The molecule has 2 fully saturated rings. The summed E-state index contributed by atoms with van der Waals surface area (Å²) in [4.78, 5) is 0. The number of hydrogen-bond donors (Lipinski definition) is 2. The van der Waals surface area contributed by atoms with Crippen molar-refractivity contribution in [3.63, 3.8) is 0 Å². The van der Waals surface area contributed by atoms with Gasteiger partial charge in [0, 0.05) is 24.1 Å². The lowest BCUT2D eigenvalue weighted by Crippen LogP contribution is -2.30. The standard InChI is InChI=1S/C14H28N2S/c1-2-5-14(6-7-14)12-16-10-11-17-13-3-8-15-9-4-13/h13,15-16H,2-12H2,1H3. The van der Waals surface area contributed by atoms with Gasteiger partial charge in [-0.3, -0.25) is 0 Å². The van der Waals surface area contributed by atoms with Gasteiger partial charge in [0.2, 0.25) is 0 Å². The van der Waals surface area contributed by atoms with Crippen LogP contribution < -0.4 is 10.6 Å². The van der Waals surface area contributed by atoms with E-state index in [0.29, 0.717) is 5.41 Å². The minimum atomic E-state index is 0.716. The maximum Gasteiger partial charge on any atom is 0.00716 e. The predicted octanol–water partition coefficient (Wildman–Crippen LogP) is 2.64. The summed E-state index contributed by atoms with van der Waals surface area (Å²) in [5, 5.41) is 8.03. The van der Waals surface area contributed by atoms with Crippen molar-refractivity contribution in [3.05, 3.63) is 0 Å². The Balaban J connectivity index is 1.46. The van der Waals surface area contributed by atoms with Gasteiger partial charge in [0.05, 0.1) is 0 Å². The molecule has 1 saturated heterocycles. The lowest BCUT2D eigenvalue weighted by Gasteiger charge is -2.22. The van der Waals surface area contributed by atoms with E-state index >= 15 is 0 Å².